The maximum absolute atomic E-state index is 13.5. The smallest absolute Gasteiger partial charge is 0.255 e. The molecule has 6 heteroatoms. The Bertz CT molecular complexity index is 508. The number of carbonyl (C=O) groups is 1. The molecule has 3 nitrogen and oxygen atoms in total. The molecule has 0 aromatic heterocycles. The average Bonchev–Trinajstić information content (AvgIpc) is 2.36. The fourth-order valence-corrected chi connectivity index (χ4v) is 2.33. The Morgan fingerprint density at radius 1 is 1.50 bits per heavy atom. The molecule has 0 heterocycles. The quantitative estimate of drug-likeness (QED) is 0.791. The van der Waals surface area contributed by atoms with E-state index in [1.165, 1.54) is 12.1 Å². The molecule has 0 aliphatic carbocycles. The Labute approximate surface area is 132 Å². The van der Waals surface area contributed by atoms with E-state index in [9.17, 15) is 9.18 Å². The van der Waals surface area contributed by atoms with Crippen molar-refractivity contribution >= 4 is 39.0 Å². The van der Waals surface area contributed by atoms with Crippen molar-refractivity contribution in [1.29, 1.82) is 0 Å². The minimum Gasteiger partial charge on any atom is -0.393 e. The summed E-state index contributed by atoms with van der Waals surface area (Å²) in [5, 5.41) is 0. The van der Waals surface area contributed by atoms with Crippen molar-refractivity contribution in [3.8, 4) is 0 Å². The van der Waals surface area contributed by atoms with Crippen molar-refractivity contribution in [3.05, 3.63) is 34.1 Å². The molecule has 1 aromatic rings. The van der Waals surface area contributed by atoms with Crippen LogP contribution in [0.2, 0.25) is 0 Å². The summed E-state index contributed by atoms with van der Waals surface area (Å²) in [7, 11) is 0. The maximum atomic E-state index is 13.5. The first-order chi connectivity index (χ1) is 9.32. The minimum absolute atomic E-state index is 0.189. The van der Waals surface area contributed by atoms with Crippen LogP contribution in [0.25, 0.3) is 0 Å². The molecule has 0 aliphatic heterocycles. The van der Waals surface area contributed by atoms with E-state index in [1.54, 1.807) is 11.0 Å². The fraction of sp³-hybridized carbons (Fsp3) is 0.429. The van der Waals surface area contributed by atoms with Crippen molar-refractivity contribution in [1.82, 2.24) is 4.90 Å². The topological polar surface area (TPSA) is 46.3 Å². The summed E-state index contributed by atoms with van der Waals surface area (Å²) < 4.78 is 13.7. The summed E-state index contributed by atoms with van der Waals surface area (Å²) >= 11 is 7.97. The van der Waals surface area contributed by atoms with Crippen LogP contribution in [-0.4, -0.2) is 28.9 Å². The van der Waals surface area contributed by atoms with Gasteiger partial charge in [-0.3, -0.25) is 4.79 Å². The van der Waals surface area contributed by atoms with Crippen molar-refractivity contribution in [2.75, 3.05) is 13.1 Å². The van der Waals surface area contributed by atoms with Crippen LogP contribution in [0, 0.1) is 11.7 Å². The first-order valence-electron chi connectivity index (χ1n) is 6.34. The van der Waals surface area contributed by atoms with Crippen LogP contribution in [0.5, 0.6) is 0 Å². The van der Waals surface area contributed by atoms with Crippen LogP contribution in [0.4, 0.5) is 4.39 Å². The molecule has 1 rings (SSSR count). The molecule has 0 fully saturated rings. The summed E-state index contributed by atoms with van der Waals surface area (Å²) in [6.45, 7) is 5.04. The predicted octanol–water partition coefficient (Wildman–Crippen LogP) is 3.36. The highest BCUT2D eigenvalue weighted by atomic mass is 79.9. The van der Waals surface area contributed by atoms with Crippen LogP contribution < -0.4 is 5.73 Å². The van der Waals surface area contributed by atoms with Gasteiger partial charge in [0.05, 0.1) is 15.0 Å². The van der Waals surface area contributed by atoms with Gasteiger partial charge >= 0.3 is 0 Å². The molecule has 2 N–H and O–H groups in total. The normalized spacial score (nSPS) is 10.7. The molecule has 20 heavy (non-hydrogen) atoms. The molecular weight excluding hydrogens is 343 g/mol. The van der Waals surface area contributed by atoms with Gasteiger partial charge in [-0.25, -0.2) is 4.39 Å². The molecule has 1 amide bonds. The Kier molecular flexibility index (Phi) is 6.55. The highest BCUT2D eigenvalue weighted by Crippen LogP contribution is 2.22. The molecule has 0 aliphatic rings. The van der Waals surface area contributed by atoms with E-state index in [1.807, 2.05) is 13.8 Å². The standard InChI is InChI=1S/C14H18BrFN2OS/c1-9(2)8-18(7-6-12(17)20)14(19)10-4-3-5-11(16)13(10)15/h3-5,9H,6-8H2,1-2H3,(H2,17,20). The van der Waals surface area contributed by atoms with Crippen LogP contribution in [0.1, 0.15) is 30.6 Å². The van der Waals surface area contributed by atoms with Gasteiger partial charge in [-0.15, -0.1) is 0 Å². The SMILES string of the molecule is CC(C)CN(CCC(N)=S)C(=O)c1cccc(F)c1Br. The maximum Gasteiger partial charge on any atom is 0.255 e. The Morgan fingerprint density at radius 3 is 2.70 bits per heavy atom. The first kappa shape index (κ1) is 17.0. The number of amides is 1. The molecule has 0 radical (unpaired) electrons. The summed E-state index contributed by atoms with van der Waals surface area (Å²) in [4.78, 5) is 14.5. The van der Waals surface area contributed by atoms with Crippen molar-refractivity contribution in [2.45, 2.75) is 20.3 Å². The molecule has 0 bridgehead atoms. The lowest BCUT2D eigenvalue weighted by Crippen LogP contribution is -2.36. The third kappa shape index (κ3) is 4.83. The lowest BCUT2D eigenvalue weighted by Gasteiger charge is -2.25. The highest BCUT2D eigenvalue weighted by Gasteiger charge is 2.20. The van der Waals surface area contributed by atoms with Gasteiger partial charge in [0.25, 0.3) is 5.91 Å². The number of halogens is 2. The third-order valence-corrected chi connectivity index (χ3v) is 3.69. The average molecular weight is 361 g/mol. The number of carbonyl (C=O) groups excluding carboxylic acids is 1. The molecule has 1 aromatic carbocycles. The number of nitrogens with two attached hydrogens (primary N) is 1. The molecular formula is C14H18BrFN2OS. The van der Waals surface area contributed by atoms with Crippen LogP contribution >= 0.6 is 28.1 Å². The van der Waals surface area contributed by atoms with Gasteiger partial charge in [0.2, 0.25) is 0 Å². The van der Waals surface area contributed by atoms with Gasteiger partial charge in [-0.05, 0) is 34.0 Å². The number of hydrogen-bond donors (Lipinski definition) is 1. The second-order valence-corrected chi connectivity index (χ2v) is 6.28. The van der Waals surface area contributed by atoms with Crippen LogP contribution in [0.15, 0.2) is 22.7 Å². The van der Waals surface area contributed by atoms with Crippen LogP contribution in [0.3, 0.4) is 0 Å². The Morgan fingerprint density at radius 2 is 2.15 bits per heavy atom. The highest BCUT2D eigenvalue weighted by molar-refractivity contribution is 9.10. The van der Waals surface area contributed by atoms with Gasteiger partial charge in [0, 0.05) is 19.5 Å². The second kappa shape index (κ2) is 7.69. The lowest BCUT2D eigenvalue weighted by molar-refractivity contribution is 0.0739. The lowest BCUT2D eigenvalue weighted by atomic mass is 10.1. The fourth-order valence-electron chi connectivity index (χ4n) is 1.80. The van der Waals surface area contributed by atoms with Gasteiger partial charge in [-0.2, -0.15) is 0 Å². The molecule has 0 saturated carbocycles. The van der Waals surface area contributed by atoms with E-state index in [0.29, 0.717) is 36.0 Å². The van der Waals surface area contributed by atoms with Gasteiger partial charge in [0.15, 0.2) is 0 Å². The van der Waals surface area contributed by atoms with E-state index in [4.69, 9.17) is 18.0 Å². The van der Waals surface area contributed by atoms with Gasteiger partial charge in [-0.1, -0.05) is 32.1 Å². The van der Waals surface area contributed by atoms with Gasteiger partial charge < -0.3 is 10.6 Å². The van der Waals surface area contributed by atoms with Crippen molar-refractivity contribution in [3.63, 3.8) is 0 Å². The zero-order chi connectivity index (χ0) is 15.3. The van der Waals surface area contributed by atoms with E-state index < -0.39 is 5.82 Å². The van der Waals surface area contributed by atoms with Crippen LogP contribution in [-0.2, 0) is 0 Å². The molecule has 0 atom stereocenters. The molecule has 0 unspecified atom stereocenters. The number of hydrogen-bond acceptors (Lipinski definition) is 2. The Hall–Kier alpha value is -1.01. The number of thiocarbonyl (C=S) groups is 1. The zero-order valence-corrected chi connectivity index (χ0v) is 13.9. The number of rotatable bonds is 6. The monoisotopic (exact) mass is 360 g/mol. The molecule has 110 valence electrons. The van der Waals surface area contributed by atoms with Crippen molar-refractivity contribution in [2.24, 2.45) is 11.7 Å². The predicted molar refractivity (Wildman–Crippen MR) is 86.2 cm³/mol. The molecule has 0 spiro atoms. The number of benzene rings is 1. The number of nitrogens with zero attached hydrogens (tertiary/aromatic N) is 1. The summed E-state index contributed by atoms with van der Waals surface area (Å²) in [5.41, 5.74) is 5.80. The summed E-state index contributed by atoms with van der Waals surface area (Å²) in [5.74, 6) is -0.367. The van der Waals surface area contributed by atoms with Gasteiger partial charge in [0.1, 0.15) is 5.82 Å². The van der Waals surface area contributed by atoms with E-state index in [2.05, 4.69) is 15.9 Å². The second-order valence-electron chi connectivity index (χ2n) is 4.96. The summed E-state index contributed by atoms with van der Waals surface area (Å²) in [6.07, 6.45) is 0.459. The van der Waals surface area contributed by atoms with E-state index in [-0.39, 0.29) is 10.4 Å². The Balaban J connectivity index is 2.96. The zero-order valence-electron chi connectivity index (χ0n) is 11.5. The van der Waals surface area contributed by atoms with E-state index >= 15 is 0 Å². The molecule has 0 saturated heterocycles. The third-order valence-electron chi connectivity index (χ3n) is 2.68. The van der Waals surface area contributed by atoms with E-state index in [0.717, 1.165) is 0 Å². The van der Waals surface area contributed by atoms with Crippen molar-refractivity contribution < 1.29 is 9.18 Å². The summed E-state index contributed by atoms with van der Waals surface area (Å²) in [6, 6.07) is 4.43. The largest absolute Gasteiger partial charge is 0.393 e. The first-order valence-corrected chi connectivity index (χ1v) is 7.54. The minimum atomic E-state index is -0.449.